The van der Waals surface area contributed by atoms with Gasteiger partial charge in [-0.25, -0.2) is 12.8 Å². The number of carbonyl (C=O) groups is 1. The summed E-state index contributed by atoms with van der Waals surface area (Å²) in [6, 6.07) is 13.5. The molecule has 0 radical (unpaired) electrons. The van der Waals surface area contributed by atoms with Gasteiger partial charge >= 0.3 is 0 Å². The van der Waals surface area contributed by atoms with Gasteiger partial charge in [-0.1, -0.05) is 30.3 Å². The second-order valence-corrected chi connectivity index (χ2v) is 9.33. The predicted octanol–water partition coefficient (Wildman–Crippen LogP) is 3.16. The molecular formula is C22H24FN3O3S. The van der Waals surface area contributed by atoms with E-state index in [0.29, 0.717) is 19.5 Å². The number of aromatic amines is 1. The molecule has 30 heavy (non-hydrogen) atoms. The first-order chi connectivity index (χ1) is 14.5. The standard InChI is InChI=1S/C22H24FN3O3S/c23-19-8-2-4-10-21(19)30(28,29)26-14-12-25(13-15-26)22(27)11-5-6-17-16-24-20-9-3-1-7-18(17)20/h1-4,7-10,16,24H,5-6,11-15H2. The summed E-state index contributed by atoms with van der Waals surface area (Å²) < 4.78 is 40.5. The molecule has 0 bridgehead atoms. The summed E-state index contributed by atoms with van der Waals surface area (Å²) in [7, 11) is -3.89. The van der Waals surface area contributed by atoms with Crippen LogP contribution >= 0.6 is 0 Å². The zero-order valence-corrected chi connectivity index (χ0v) is 17.4. The number of aromatic nitrogens is 1. The molecule has 6 nitrogen and oxygen atoms in total. The van der Waals surface area contributed by atoms with Gasteiger partial charge in [-0.3, -0.25) is 4.79 Å². The molecule has 1 aliphatic heterocycles. The maximum Gasteiger partial charge on any atom is 0.246 e. The van der Waals surface area contributed by atoms with Gasteiger partial charge in [-0.05, 0) is 36.6 Å². The SMILES string of the molecule is O=C(CCCc1c[nH]c2ccccc12)N1CCN(S(=O)(=O)c2ccccc2F)CC1. The molecule has 3 aromatic rings. The summed E-state index contributed by atoms with van der Waals surface area (Å²) in [6.45, 7) is 0.981. The minimum absolute atomic E-state index is 0.0257. The number of sulfonamides is 1. The van der Waals surface area contributed by atoms with Gasteiger partial charge in [0.25, 0.3) is 0 Å². The average molecular weight is 430 g/mol. The Morgan fingerprint density at radius 2 is 1.70 bits per heavy atom. The van der Waals surface area contributed by atoms with Crippen molar-refractivity contribution >= 4 is 26.8 Å². The smallest absolute Gasteiger partial charge is 0.246 e. The van der Waals surface area contributed by atoms with E-state index < -0.39 is 15.8 Å². The molecule has 0 saturated carbocycles. The number of halogens is 1. The summed E-state index contributed by atoms with van der Waals surface area (Å²) in [5, 5.41) is 1.18. The lowest BCUT2D eigenvalue weighted by Crippen LogP contribution is -2.50. The molecule has 4 rings (SSSR count). The Hall–Kier alpha value is -2.71. The highest BCUT2D eigenvalue weighted by atomic mass is 32.2. The Morgan fingerprint density at radius 1 is 1.00 bits per heavy atom. The zero-order chi connectivity index (χ0) is 21.1. The van der Waals surface area contributed by atoms with Crippen LogP contribution in [-0.2, 0) is 21.2 Å². The number of para-hydroxylation sites is 1. The normalized spacial score (nSPS) is 15.6. The van der Waals surface area contributed by atoms with E-state index in [-0.39, 0.29) is 23.9 Å². The van der Waals surface area contributed by atoms with Gasteiger partial charge in [0.15, 0.2) is 0 Å². The lowest BCUT2D eigenvalue weighted by atomic mass is 10.1. The van der Waals surface area contributed by atoms with Gasteiger partial charge in [-0.2, -0.15) is 4.31 Å². The number of nitrogens with one attached hydrogen (secondary N) is 1. The number of piperazine rings is 1. The van der Waals surface area contributed by atoms with E-state index in [9.17, 15) is 17.6 Å². The van der Waals surface area contributed by atoms with Gasteiger partial charge in [0.1, 0.15) is 10.7 Å². The number of amides is 1. The second-order valence-electron chi connectivity index (χ2n) is 7.43. The van der Waals surface area contributed by atoms with E-state index in [1.54, 1.807) is 4.90 Å². The summed E-state index contributed by atoms with van der Waals surface area (Å²) in [4.78, 5) is 17.2. The Kier molecular flexibility index (Phi) is 5.87. The highest BCUT2D eigenvalue weighted by molar-refractivity contribution is 7.89. The fourth-order valence-corrected chi connectivity index (χ4v) is 5.38. The summed E-state index contributed by atoms with van der Waals surface area (Å²) in [5.41, 5.74) is 2.28. The summed E-state index contributed by atoms with van der Waals surface area (Å²) in [6.07, 6.45) is 3.94. The average Bonchev–Trinajstić information content (AvgIpc) is 3.17. The first-order valence-electron chi connectivity index (χ1n) is 10.0. The van der Waals surface area contributed by atoms with Crippen LogP contribution in [0.2, 0.25) is 0 Å². The Balaban J connectivity index is 1.30. The molecule has 1 aromatic heterocycles. The summed E-state index contributed by atoms with van der Waals surface area (Å²) in [5.74, 6) is -0.730. The van der Waals surface area contributed by atoms with Crippen molar-refractivity contribution in [1.82, 2.24) is 14.2 Å². The number of hydrogen-bond acceptors (Lipinski definition) is 3. The lowest BCUT2D eigenvalue weighted by Gasteiger charge is -2.34. The number of carbonyl (C=O) groups excluding carboxylic acids is 1. The van der Waals surface area contributed by atoms with Crippen LogP contribution in [0.5, 0.6) is 0 Å². The van der Waals surface area contributed by atoms with Crippen LogP contribution < -0.4 is 0 Å². The molecule has 2 heterocycles. The predicted molar refractivity (Wildman–Crippen MR) is 113 cm³/mol. The van der Waals surface area contributed by atoms with Crippen LogP contribution in [0.1, 0.15) is 18.4 Å². The fourth-order valence-electron chi connectivity index (χ4n) is 3.90. The first kappa shape index (κ1) is 20.6. The Labute approximate surface area is 175 Å². The molecule has 2 aromatic carbocycles. The molecule has 0 unspecified atom stereocenters. The van der Waals surface area contributed by atoms with Crippen molar-refractivity contribution in [3.63, 3.8) is 0 Å². The zero-order valence-electron chi connectivity index (χ0n) is 16.6. The van der Waals surface area contributed by atoms with Crippen molar-refractivity contribution in [2.75, 3.05) is 26.2 Å². The van der Waals surface area contributed by atoms with E-state index in [4.69, 9.17) is 0 Å². The third-order valence-electron chi connectivity index (χ3n) is 5.56. The van der Waals surface area contributed by atoms with E-state index in [0.717, 1.165) is 24.4 Å². The molecule has 1 amide bonds. The quantitative estimate of drug-likeness (QED) is 0.654. The minimum atomic E-state index is -3.89. The number of H-pyrrole nitrogens is 1. The molecule has 1 fully saturated rings. The van der Waals surface area contributed by atoms with E-state index in [1.165, 1.54) is 33.5 Å². The second kappa shape index (κ2) is 8.57. The highest BCUT2D eigenvalue weighted by Gasteiger charge is 2.31. The van der Waals surface area contributed by atoms with Crippen molar-refractivity contribution in [3.8, 4) is 0 Å². The molecule has 0 aliphatic carbocycles. The number of nitrogens with zero attached hydrogens (tertiary/aromatic N) is 2. The van der Waals surface area contributed by atoms with Crippen LogP contribution in [-0.4, -0.2) is 54.7 Å². The molecule has 0 atom stereocenters. The number of rotatable bonds is 6. The van der Waals surface area contributed by atoms with E-state index >= 15 is 0 Å². The molecule has 8 heteroatoms. The van der Waals surface area contributed by atoms with Crippen molar-refractivity contribution in [2.24, 2.45) is 0 Å². The molecular weight excluding hydrogens is 405 g/mol. The van der Waals surface area contributed by atoms with Crippen LogP contribution in [0, 0.1) is 5.82 Å². The van der Waals surface area contributed by atoms with Crippen molar-refractivity contribution in [2.45, 2.75) is 24.2 Å². The van der Waals surface area contributed by atoms with Gasteiger partial charge < -0.3 is 9.88 Å². The molecule has 158 valence electrons. The van der Waals surface area contributed by atoms with Crippen LogP contribution in [0.25, 0.3) is 10.9 Å². The number of fused-ring (bicyclic) bond motifs is 1. The Morgan fingerprint density at radius 3 is 2.47 bits per heavy atom. The largest absolute Gasteiger partial charge is 0.361 e. The maximum absolute atomic E-state index is 13.9. The third kappa shape index (κ3) is 4.11. The van der Waals surface area contributed by atoms with E-state index in [1.807, 2.05) is 24.4 Å². The third-order valence-corrected chi connectivity index (χ3v) is 7.49. The number of hydrogen-bond donors (Lipinski definition) is 1. The van der Waals surface area contributed by atoms with Crippen molar-refractivity contribution in [3.05, 3.63) is 66.1 Å². The van der Waals surface area contributed by atoms with Gasteiger partial charge in [0.05, 0.1) is 0 Å². The van der Waals surface area contributed by atoms with Crippen LogP contribution in [0.3, 0.4) is 0 Å². The monoisotopic (exact) mass is 429 g/mol. The van der Waals surface area contributed by atoms with Gasteiger partial charge in [0.2, 0.25) is 15.9 Å². The highest BCUT2D eigenvalue weighted by Crippen LogP contribution is 2.22. The summed E-state index contributed by atoms with van der Waals surface area (Å²) >= 11 is 0. The number of benzene rings is 2. The van der Waals surface area contributed by atoms with Crippen molar-refractivity contribution in [1.29, 1.82) is 0 Å². The molecule has 1 aliphatic rings. The van der Waals surface area contributed by atoms with Gasteiger partial charge in [0, 0.05) is 49.7 Å². The Bertz CT molecular complexity index is 1150. The van der Waals surface area contributed by atoms with Crippen LogP contribution in [0.4, 0.5) is 4.39 Å². The van der Waals surface area contributed by atoms with Crippen LogP contribution in [0.15, 0.2) is 59.6 Å². The van der Waals surface area contributed by atoms with Crippen molar-refractivity contribution < 1.29 is 17.6 Å². The fraction of sp³-hybridized carbons (Fsp3) is 0.318. The molecule has 1 N–H and O–H groups in total. The number of aryl methyl sites for hydroxylation is 1. The maximum atomic E-state index is 13.9. The topological polar surface area (TPSA) is 73.5 Å². The molecule has 1 saturated heterocycles. The van der Waals surface area contributed by atoms with E-state index in [2.05, 4.69) is 11.1 Å². The first-order valence-corrected chi connectivity index (χ1v) is 11.5. The lowest BCUT2D eigenvalue weighted by molar-refractivity contribution is -0.132. The molecule has 0 spiro atoms. The van der Waals surface area contributed by atoms with Gasteiger partial charge in [-0.15, -0.1) is 0 Å². The minimum Gasteiger partial charge on any atom is -0.361 e.